The van der Waals surface area contributed by atoms with Crippen molar-refractivity contribution in [3.63, 3.8) is 0 Å². The Bertz CT molecular complexity index is 750. The van der Waals surface area contributed by atoms with Gasteiger partial charge < -0.3 is 9.33 Å². The quantitative estimate of drug-likeness (QED) is 0.528. The molecular formula is C19H30N4O3Si. The van der Waals surface area contributed by atoms with Crippen molar-refractivity contribution in [2.75, 3.05) is 19.7 Å². The largest absolute Gasteiger partial charge is 0.412 e. The fourth-order valence-corrected chi connectivity index (χ4v) is 3.85. The van der Waals surface area contributed by atoms with E-state index >= 15 is 0 Å². The predicted molar refractivity (Wildman–Crippen MR) is 107 cm³/mol. The Kier molecular flexibility index (Phi) is 5.33. The minimum atomic E-state index is -1.80. The van der Waals surface area contributed by atoms with E-state index in [2.05, 4.69) is 51.6 Å². The molecule has 2 amide bonds. The van der Waals surface area contributed by atoms with Gasteiger partial charge in [-0.25, -0.2) is 9.48 Å². The lowest BCUT2D eigenvalue weighted by molar-refractivity contribution is -0.107. The molecule has 8 heteroatoms. The van der Waals surface area contributed by atoms with Gasteiger partial charge in [-0.2, -0.15) is 10.2 Å². The summed E-state index contributed by atoms with van der Waals surface area (Å²) < 4.78 is 8.12. The van der Waals surface area contributed by atoms with Gasteiger partial charge in [0.25, 0.3) is 0 Å². The third kappa shape index (κ3) is 4.02. The van der Waals surface area contributed by atoms with E-state index in [0.717, 1.165) is 11.3 Å². The number of rotatable bonds is 7. The van der Waals surface area contributed by atoms with Crippen molar-refractivity contribution < 1.29 is 14.1 Å². The number of aromatic nitrogens is 2. The molecule has 148 valence electrons. The highest BCUT2D eigenvalue weighted by Gasteiger charge is 2.41. The van der Waals surface area contributed by atoms with Crippen LogP contribution in [0.25, 0.3) is 5.70 Å². The molecule has 0 aromatic carbocycles. The number of nitrogens with zero attached hydrogens (tertiary/aromatic N) is 4. The summed E-state index contributed by atoms with van der Waals surface area (Å²) in [6.45, 7) is 16.9. The molecule has 3 heterocycles. The molecule has 3 rings (SSSR count). The Morgan fingerprint density at radius 2 is 2.15 bits per heavy atom. The van der Waals surface area contributed by atoms with Gasteiger partial charge in [0, 0.05) is 18.3 Å². The third-order valence-corrected chi connectivity index (χ3v) is 10.1. The van der Waals surface area contributed by atoms with E-state index < -0.39 is 8.32 Å². The molecule has 0 radical (unpaired) electrons. The molecule has 0 spiro atoms. The summed E-state index contributed by atoms with van der Waals surface area (Å²) in [6, 6.07) is -0.209. The van der Waals surface area contributed by atoms with E-state index in [0.29, 0.717) is 26.3 Å². The smallest absolute Gasteiger partial charge is 0.345 e. The topological polar surface area (TPSA) is 59.8 Å². The second-order valence-electron chi connectivity index (χ2n) is 8.64. The Labute approximate surface area is 162 Å². The Morgan fingerprint density at radius 1 is 1.41 bits per heavy atom. The van der Waals surface area contributed by atoms with Gasteiger partial charge in [-0.1, -0.05) is 26.8 Å². The summed E-state index contributed by atoms with van der Waals surface area (Å²) in [4.78, 5) is 19.7. The first-order chi connectivity index (χ1) is 12.6. The molecule has 1 aromatic heterocycles. The number of carbonyl (C=O) groups excluding carboxylic acids is 1. The van der Waals surface area contributed by atoms with Crippen LogP contribution in [0.15, 0.2) is 31.1 Å². The van der Waals surface area contributed by atoms with Crippen LogP contribution in [-0.4, -0.2) is 59.8 Å². The summed E-state index contributed by atoms with van der Waals surface area (Å²) in [5.41, 5.74) is 2.02. The Morgan fingerprint density at radius 3 is 2.81 bits per heavy atom. The highest BCUT2D eigenvalue weighted by Crippen LogP contribution is 2.37. The van der Waals surface area contributed by atoms with Gasteiger partial charge in [0.1, 0.15) is 0 Å². The number of hydroxylamine groups is 2. The molecule has 0 aliphatic carbocycles. The fraction of sp³-hybridized carbons (Fsp3) is 0.579. The first-order valence-electron chi connectivity index (χ1n) is 9.33. The number of carbonyl (C=O) groups is 1. The van der Waals surface area contributed by atoms with Crippen LogP contribution in [0.1, 0.15) is 26.3 Å². The second kappa shape index (κ2) is 7.25. The maximum Gasteiger partial charge on any atom is 0.345 e. The molecular weight excluding hydrogens is 360 g/mol. The van der Waals surface area contributed by atoms with Crippen LogP contribution in [0.4, 0.5) is 4.79 Å². The van der Waals surface area contributed by atoms with E-state index in [1.54, 1.807) is 11.0 Å². The summed E-state index contributed by atoms with van der Waals surface area (Å²) in [5.74, 6) is 0. The third-order valence-electron chi connectivity index (χ3n) is 5.57. The molecule has 1 fully saturated rings. The molecule has 0 N–H and O–H groups in total. The van der Waals surface area contributed by atoms with E-state index in [9.17, 15) is 4.79 Å². The van der Waals surface area contributed by atoms with Gasteiger partial charge in [-0.05, 0) is 24.2 Å². The average molecular weight is 391 g/mol. The Hall–Kier alpha value is -1.90. The van der Waals surface area contributed by atoms with Crippen molar-refractivity contribution >= 4 is 20.0 Å². The van der Waals surface area contributed by atoms with Crippen LogP contribution in [0.3, 0.4) is 0 Å². The SMILES string of the molecule is C=CCON1C(=O)N2CC(n3cc(CO[Si](C)(C)C(C)(C)C)cn3)=CC1C2. The van der Waals surface area contributed by atoms with Crippen LogP contribution >= 0.6 is 0 Å². The van der Waals surface area contributed by atoms with Crippen molar-refractivity contribution in [3.05, 3.63) is 36.7 Å². The van der Waals surface area contributed by atoms with Gasteiger partial charge in [0.2, 0.25) is 0 Å². The highest BCUT2D eigenvalue weighted by atomic mass is 28.4. The minimum Gasteiger partial charge on any atom is -0.412 e. The minimum absolute atomic E-state index is 0.0997. The number of urea groups is 1. The molecule has 1 aromatic rings. The molecule has 27 heavy (non-hydrogen) atoms. The van der Waals surface area contributed by atoms with Crippen molar-refractivity contribution in [1.82, 2.24) is 19.7 Å². The monoisotopic (exact) mass is 390 g/mol. The van der Waals surface area contributed by atoms with E-state index in [1.807, 2.05) is 17.1 Å². The second-order valence-corrected chi connectivity index (χ2v) is 13.5. The van der Waals surface area contributed by atoms with E-state index in [-0.39, 0.29) is 17.1 Å². The molecule has 1 unspecified atom stereocenters. The molecule has 7 nitrogen and oxygen atoms in total. The lowest BCUT2D eigenvalue weighted by Gasteiger charge is -2.36. The van der Waals surface area contributed by atoms with Crippen LogP contribution in [0.5, 0.6) is 0 Å². The first kappa shape index (κ1) is 19.8. The normalized spacial score (nSPS) is 20.3. The fourth-order valence-electron chi connectivity index (χ4n) is 2.89. The van der Waals surface area contributed by atoms with Crippen molar-refractivity contribution in [2.24, 2.45) is 0 Å². The van der Waals surface area contributed by atoms with E-state index in [1.165, 1.54) is 5.06 Å². The maximum absolute atomic E-state index is 12.4. The summed E-state index contributed by atoms with van der Waals surface area (Å²) in [5, 5.41) is 6.09. The number of amides is 2. The van der Waals surface area contributed by atoms with Gasteiger partial charge >= 0.3 is 6.03 Å². The zero-order valence-electron chi connectivity index (χ0n) is 16.9. The average Bonchev–Trinajstić information content (AvgIpc) is 3.15. The van der Waals surface area contributed by atoms with Crippen LogP contribution < -0.4 is 0 Å². The van der Waals surface area contributed by atoms with Crippen molar-refractivity contribution in [1.29, 1.82) is 0 Å². The highest BCUT2D eigenvalue weighted by molar-refractivity contribution is 6.74. The zero-order chi connectivity index (χ0) is 19.8. The van der Waals surface area contributed by atoms with Crippen LogP contribution in [0, 0.1) is 0 Å². The van der Waals surface area contributed by atoms with E-state index in [4.69, 9.17) is 9.26 Å². The number of hydrogen-bond acceptors (Lipinski definition) is 4. The molecule has 1 atom stereocenters. The van der Waals surface area contributed by atoms with Gasteiger partial charge in [0.05, 0.1) is 37.7 Å². The standard InChI is InChI=1S/C19H30N4O3Si/c1-7-8-25-23-17-9-16(12-21(13-17)18(23)24)22-11-15(10-20-22)14-26-27(5,6)19(2,3)4/h7,9-11,17H,1,8,12-14H2,2-6H3. The van der Waals surface area contributed by atoms with Gasteiger partial charge in [-0.15, -0.1) is 6.58 Å². The van der Waals surface area contributed by atoms with Crippen molar-refractivity contribution in [3.8, 4) is 0 Å². The zero-order valence-corrected chi connectivity index (χ0v) is 17.9. The predicted octanol–water partition coefficient (Wildman–Crippen LogP) is 3.48. The molecule has 0 saturated carbocycles. The maximum atomic E-state index is 12.4. The van der Waals surface area contributed by atoms with Crippen LogP contribution in [0.2, 0.25) is 18.1 Å². The molecule has 1 saturated heterocycles. The van der Waals surface area contributed by atoms with Crippen LogP contribution in [-0.2, 0) is 15.9 Å². The molecule has 2 aliphatic rings. The lowest BCUT2D eigenvalue weighted by atomic mass is 10.2. The van der Waals surface area contributed by atoms with Crippen molar-refractivity contribution in [2.45, 2.75) is 51.6 Å². The molecule has 2 bridgehead atoms. The summed E-state index contributed by atoms with van der Waals surface area (Å²) >= 11 is 0. The summed E-state index contributed by atoms with van der Waals surface area (Å²) in [6.07, 6.45) is 7.52. The molecule has 2 aliphatic heterocycles. The number of hydrogen-bond donors (Lipinski definition) is 0. The van der Waals surface area contributed by atoms with Gasteiger partial charge in [-0.3, -0.25) is 4.84 Å². The number of fused-ring (bicyclic) bond motifs is 2. The van der Waals surface area contributed by atoms with Gasteiger partial charge in [0.15, 0.2) is 8.32 Å². The summed E-state index contributed by atoms with van der Waals surface area (Å²) in [7, 11) is -1.80. The first-order valence-corrected chi connectivity index (χ1v) is 12.2. The lowest BCUT2D eigenvalue weighted by Crippen LogP contribution is -2.40. The Balaban J connectivity index is 1.68.